The van der Waals surface area contributed by atoms with E-state index in [4.69, 9.17) is 11.6 Å². The molecule has 2 rings (SSSR count). The minimum Gasteiger partial charge on any atom is -0.258 e. The number of hydrogen-bond acceptors (Lipinski definition) is 5. The van der Waals surface area contributed by atoms with Crippen molar-refractivity contribution in [2.24, 2.45) is 0 Å². The predicted octanol–water partition coefficient (Wildman–Crippen LogP) is 2.25. The second kappa shape index (κ2) is 2.90. The van der Waals surface area contributed by atoms with Crippen molar-refractivity contribution in [3.63, 3.8) is 0 Å². The van der Waals surface area contributed by atoms with Gasteiger partial charge in [0.25, 0.3) is 0 Å². The largest absolute Gasteiger partial charge is 0.316 e. The fraction of sp³-hybridized carbons (Fsp3) is 0. The van der Waals surface area contributed by atoms with E-state index < -0.39 is 4.92 Å². The first-order chi connectivity index (χ1) is 6.20. The summed E-state index contributed by atoms with van der Waals surface area (Å²) in [6, 6.07) is 3.14. The molecule has 0 unspecified atom stereocenters. The Kier molecular flexibility index (Phi) is 1.86. The van der Waals surface area contributed by atoms with E-state index in [-0.39, 0.29) is 16.2 Å². The van der Waals surface area contributed by atoms with Crippen LogP contribution in [-0.2, 0) is 0 Å². The van der Waals surface area contributed by atoms with E-state index in [0.29, 0.717) is 4.70 Å². The monoisotopic (exact) mass is 215 g/mol. The number of halogens is 1. The lowest BCUT2D eigenvalue weighted by atomic mass is 10.3. The van der Waals surface area contributed by atoms with E-state index >= 15 is 0 Å². The summed E-state index contributed by atoms with van der Waals surface area (Å²) in [4.78, 5) is 10.0. The molecule has 7 heteroatoms. The molecule has 0 radical (unpaired) electrons. The normalized spacial score (nSPS) is 10.5. The molecule has 0 fully saturated rings. The van der Waals surface area contributed by atoms with Gasteiger partial charge >= 0.3 is 5.69 Å². The van der Waals surface area contributed by atoms with E-state index in [1.165, 1.54) is 6.07 Å². The van der Waals surface area contributed by atoms with Gasteiger partial charge in [-0.1, -0.05) is 16.1 Å². The molecule has 0 atom stereocenters. The van der Waals surface area contributed by atoms with Crippen LogP contribution in [0.4, 0.5) is 5.69 Å². The average molecular weight is 216 g/mol. The summed E-state index contributed by atoms with van der Waals surface area (Å²) in [7, 11) is 0. The first-order valence-corrected chi connectivity index (χ1v) is 4.40. The predicted molar refractivity (Wildman–Crippen MR) is 49.1 cm³/mol. The molecule has 1 aromatic heterocycles. The standard InChI is InChI=1S/C6H2ClN3O2S/c7-3-1-2-4-5(8-9-13-4)6(3)10(11)12/h1-2H. The third-order valence-electron chi connectivity index (χ3n) is 1.53. The highest BCUT2D eigenvalue weighted by molar-refractivity contribution is 7.13. The molecule has 0 saturated heterocycles. The molecule has 0 aliphatic carbocycles. The Morgan fingerprint density at radius 2 is 2.31 bits per heavy atom. The molecule has 0 amide bonds. The zero-order valence-electron chi connectivity index (χ0n) is 6.10. The van der Waals surface area contributed by atoms with Gasteiger partial charge in [-0.15, -0.1) is 5.10 Å². The minimum atomic E-state index is -0.550. The fourth-order valence-corrected chi connectivity index (χ4v) is 1.77. The van der Waals surface area contributed by atoms with Crippen LogP contribution in [0.2, 0.25) is 5.02 Å². The minimum absolute atomic E-state index is 0.0881. The van der Waals surface area contributed by atoms with Crippen LogP contribution in [0, 0.1) is 10.1 Å². The van der Waals surface area contributed by atoms with E-state index in [2.05, 4.69) is 9.59 Å². The van der Waals surface area contributed by atoms with Crippen LogP contribution in [0.15, 0.2) is 12.1 Å². The van der Waals surface area contributed by atoms with Crippen molar-refractivity contribution < 1.29 is 4.92 Å². The number of aromatic nitrogens is 2. The fourth-order valence-electron chi connectivity index (χ4n) is 0.986. The number of rotatable bonds is 1. The molecule has 0 aliphatic rings. The molecule has 0 N–H and O–H groups in total. The Bertz CT molecular complexity index is 484. The van der Waals surface area contributed by atoms with E-state index in [9.17, 15) is 10.1 Å². The van der Waals surface area contributed by atoms with Crippen LogP contribution < -0.4 is 0 Å². The highest BCUT2D eigenvalue weighted by atomic mass is 35.5. The molecular weight excluding hydrogens is 214 g/mol. The van der Waals surface area contributed by atoms with Crippen molar-refractivity contribution in [1.29, 1.82) is 0 Å². The molecule has 13 heavy (non-hydrogen) atoms. The number of benzene rings is 1. The third kappa shape index (κ3) is 1.24. The second-order valence-electron chi connectivity index (χ2n) is 2.27. The molecule has 66 valence electrons. The van der Waals surface area contributed by atoms with Crippen molar-refractivity contribution in [1.82, 2.24) is 9.59 Å². The Morgan fingerprint density at radius 1 is 1.54 bits per heavy atom. The molecule has 0 bridgehead atoms. The Labute approximate surface area is 81.3 Å². The van der Waals surface area contributed by atoms with Crippen LogP contribution in [0.3, 0.4) is 0 Å². The summed E-state index contributed by atoms with van der Waals surface area (Å²) in [6.07, 6.45) is 0. The second-order valence-corrected chi connectivity index (χ2v) is 3.47. The Hall–Kier alpha value is -1.27. The van der Waals surface area contributed by atoms with Crippen molar-refractivity contribution in [2.45, 2.75) is 0 Å². The molecule has 2 aromatic rings. The van der Waals surface area contributed by atoms with Gasteiger partial charge in [0.1, 0.15) is 5.02 Å². The molecule has 1 heterocycles. The van der Waals surface area contributed by atoms with Gasteiger partial charge in [0.2, 0.25) is 0 Å². The van der Waals surface area contributed by atoms with Crippen molar-refractivity contribution in [3.05, 3.63) is 27.3 Å². The lowest BCUT2D eigenvalue weighted by Gasteiger charge is -1.93. The molecular formula is C6H2ClN3O2S. The lowest BCUT2D eigenvalue weighted by Crippen LogP contribution is -1.90. The third-order valence-corrected chi connectivity index (χ3v) is 2.52. The highest BCUT2D eigenvalue weighted by Gasteiger charge is 2.19. The summed E-state index contributed by atoms with van der Waals surface area (Å²) >= 11 is 6.75. The van der Waals surface area contributed by atoms with Gasteiger partial charge in [0.15, 0.2) is 5.52 Å². The smallest absolute Gasteiger partial charge is 0.258 e. The maximum absolute atomic E-state index is 10.6. The van der Waals surface area contributed by atoms with Crippen LogP contribution >= 0.6 is 23.1 Å². The van der Waals surface area contributed by atoms with E-state index in [1.54, 1.807) is 6.07 Å². The van der Waals surface area contributed by atoms with Crippen LogP contribution in [0.1, 0.15) is 0 Å². The summed E-state index contributed by atoms with van der Waals surface area (Å²) in [6.45, 7) is 0. The summed E-state index contributed by atoms with van der Waals surface area (Å²) in [5.41, 5.74) is 0.0791. The number of fused-ring (bicyclic) bond motifs is 1. The van der Waals surface area contributed by atoms with Crippen LogP contribution in [0.25, 0.3) is 10.2 Å². The average Bonchev–Trinajstić information content (AvgIpc) is 2.50. The number of nitro benzene ring substituents is 1. The SMILES string of the molecule is O=[N+]([O-])c1c(Cl)ccc2snnc12. The zero-order chi connectivity index (χ0) is 9.42. The van der Waals surface area contributed by atoms with Gasteiger partial charge in [0.05, 0.1) is 9.62 Å². The molecule has 0 saturated carbocycles. The lowest BCUT2D eigenvalue weighted by molar-refractivity contribution is -0.383. The number of hydrogen-bond donors (Lipinski definition) is 0. The van der Waals surface area contributed by atoms with Gasteiger partial charge in [-0.3, -0.25) is 10.1 Å². The molecule has 5 nitrogen and oxygen atoms in total. The van der Waals surface area contributed by atoms with Crippen LogP contribution in [0.5, 0.6) is 0 Å². The molecule has 0 spiro atoms. The van der Waals surface area contributed by atoms with Gasteiger partial charge in [-0.25, -0.2) is 0 Å². The summed E-state index contributed by atoms with van der Waals surface area (Å²) < 4.78 is 4.28. The zero-order valence-corrected chi connectivity index (χ0v) is 7.67. The first kappa shape index (κ1) is 8.33. The van der Waals surface area contributed by atoms with Gasteiger partial charge in [-0.05, 0) is 23.7 Å². The van der Waals surface area contributed by atoms with Crippen molar-refractivity contribution in [3.8, 4) is 0 Å². The summed E-state index contributed by atoms with van der Waals surface area (Å²) in [5.74, 6) is 0. The van der Waals surface area contributed by atoms with Crippen molar-refractivity contribution in [2.75, 3.05) is 0 Å². The van der Waals surface area contributed by atoms with E-state index in [1.807, 2.05) is 0 Å². The van der Waals surface area contributed by atoms with Gasteiger partial charge < -0.3 is 0 Å². The highest BCUT2D eigenvalue weighted by Crippen LogP contribution is 2.32. The van der Waals surface area contributed by atoms with E-state index in [0.717, 1.165) is 11.5 Å². The molecule has 1 aromatic carbocycles. The first-order valence-electron chi connectivity index (χ1n) is 3.25. The summed E-state index contributed by atoms with van der Waals surface area (Å²) in [5, 5.41) is 14.3. The Balaban J connectivity index is 2.88. The van der Waals surface area contributed by atoms with Crippen molar-refractivity contribution >= 4 is 39.0 Å². The topological polar surface area (TPSA) is 68.9 Å². The number of nitrogens with zero attached hydrogens (tertiary/aromatic N) is 3. The maximum atomic E-state index is 10.6. The number of nitro groups is 1. The van der Waals surface area contributed by atoms with Crippen LogP contribution in [-0.4, -0.2) is 14.5 Å². The quantitative estimate of drug-likeness (QED) is 0.540. The van der Waals surface area contributed by atoms with Gasteiger partial charge in [-0.2, -0.15) is 0 Å². The van der Waals surface area contributed by atoms with Gasteiger partial charge in [0, 0.05) is 0 Å². The molecule has 0 aliphatic heterocycles. The Morgan fingerprint density at radius 3 is 3.00 bits per heavy atom. The maximum Gasteiger partial charge on any atom is 0.316 e.